The zero-order chi connectivity index (χ0) is 24.6. The molecule has 182 valence electrons. The Bertz CT molecular complexity index is 848. The number of carbonyl (C=O) groups excluding carboxylic acids is 4. The van der Waals surface area contributed by atoms with E-state index in [1.165, 1.54) is 13.8 Å². The van der Waals surface area contributed by atoms with Crippen molar-refractivity contribution in [3.63, 3.8) is 0 Å². The Hall–Kier alpha value is -2.92. The molecule has 0 radical (unpaired) electrons. The Morgan fingerprint density at radius 2 is 1.79 bits per heavy atom. The molecule has 1 heterocycles. The minimum Gasteiger partial charge on any atom is -0.369 e. The molecule has 33 heavy (non-hydrogen) atoms. The molecule has 1 aliphatic rings. The van der Waals surface area contributed by atoms with Crippen LogP contribution in [0.3, 0.4) is 0 Å². The number of alkyl halides is 2. The number of halogens is 2. The Morgan fingerprint density at radius 3 is 2.33 bits per heavy atom. The smallest absolute Gasteiger partial charge is 0.345 e. The zero-order valence-corrected chi connectivity index (χ0v) is 18.5. The van der Waals surface area contributed by atoms with E-state index < -0.39 is 60.3 Å². The largest absolute Gasteiger partial charge is 0.369 e. The average molecular weight is 469 g/mol. The van der Waals surface area contributed by atoms with Crippen LogP contribution in [0.4, 0.5) is 8.78 Å². The molecule has 0 spiro atoms. The number of amides is 3. The number of rotatable bonds is 14. The summed E-state index contributed by atoms with van der Waals surface area (Å²) in [6, 6.07) is 6.47. The van der Waals surface area contributed by atoms with E-state index in [1.54, 1.807) is 0 Å². The van der Waals surface area contributed by atoms with Crippen molar-refractivity contribution >= 4 is 23.5 Å². The van der Waals surface area contributed by atoms with Gasteiger partial charge in [0.1, 0.15) is 11.6 Å². The standard InChI is InChI=1S/C22H29F2N3O6/c1-13(19(25)30)10-15(18(29)22(2)12-33-22)27-20(31)16(11-32-21(23)24)26-17(28)9-8-14-6-4-3-5-7-14/h3-7,13,15-16,21H,8-12H2,1-2H3,(H2,25,30)(H,26,28)(H,27,31)/t13-,15-,16-,22+/m0/s1. The lowest BCUT2D eigenvalue weighted by molar-refractivity contribution is -0.148. The summed E-state index contributed by atoms with van der Waals surface area (Å²) in [6.45, 7) is -0.787. The van der Waals surface area contributed by atoms with Gasteiger partial charge in [0.15, 0.2) is 5.78 Å². The first kappa shape index (κ1) is 26.3. The Morgan fingerprint density at radius 1 is 1.15 bits per heavy atom. The first-order valence-electron chi connectivity index (χ1n) is 10.5. The predicted octanol–water partition coefficient (Wildman–Crippen LogP) is 0.698. The van der Waals surface area contributed by atoms with Crippen LogP contribution < -0.4 is 16.4 Å². The number of primary amides is 1. The lowest BCUT2D eigenvalue weighted by Gasteiger charge is -2.25. The second-order valence-electron chi connectivity index (χ2n) is 8.18. The summed E-state index contributed by atoms with van der Waals surface area (Å²) >= 11 is 0. The minimum atomic E-state index is -3.16. The van der Waals surface area contributed by atoms with Gasteiger partial charge in [-0.25, -0.2) is 0 Å². The molecule has 0 bridgehead atoms. The highest BCUT2D eigenvalue weighted by atomic mass is 19.3. The van der Waals surface area contributed by atoms with Crippen molar-refractivity contribution in [3.8, 4) is 0 Å². The molecule has 0 saturated carbocycles. The van der Waals surface area contributed by atoms with Crippen LogP contribution in [0.2, 0.25) is 0 Å². The number of ketones is 1. The summed E-state index contributed by atoms with van der Waals surface area (Å²) in [6.07, 6.45) is 0.280. The lowest BCUT2D eigenvalue weighted by Crippen LogP contribution is -2.55. The van der Waals surface area contributed by atoms with Crippen molar-refractivity contribution in [2.45, 2.75) is 57.4 Å². The molecular formula is C22H29F2N3O6. The van der Waals surface area contributed by atoms with E-state index in [-0.39, 0.29) is 19.4 Å². The summed E-state index contributed by atoms with van der Waals surface area (Å²) in [4.78, 5) is 49.4. The van der Waals surface area contributed by atoms with Crippen LogP contribution in [0.25, 0.3) is 0 Å². The quantitative estimate of drug-likeness (QED) is 0.343. The molecular weight excluding hydrogens is 440 g/mol. The van der Waals surface area contributed by atoms with Crippen molar-refractivity contribution in [1.29, 1.82) is 0 Å². The maximum absolute atomic E-state index is 12.8. The third-order valence-electron chi connectivity index (χ3n) is 5.33. The molecule has 1 saturated heterocycles. The molecule has 4 N–H and O–H groups in total. The lowest BCUT2D eigenvalue weighted by atomic mass is 9.92. The average Bonchev–Trinajstić information content (AvgIpc) is 3.52. The Balaban J connectivity index is 2.06. The highest BCUT2D eigenvalue weighted by Gasteiger charge is 2.50. The number of nitrogens with one attached hydrogen (secondary N) is 2. The molecule has 0 aromatic heterocycles. The summed E-state index contributed by atoms with van der Waals surface area (Å²) in [7, 11) is 0. The van der Waals surface area contributed by atoms with E-state index in [0.29, 0.717) is 6.42 Å². The zero-order valence-electron chi connectivity index (χ0n) is 18.5. The molecule has 9 nitrogen and oxygen atoms in total. The van der Waals surface area contributed by atoms with Crippen LogP contribution >= 0.6 is 0 Å². The highest BCUT2D eigenvalue weighted by Crippen LogP contribution is 2.29. The highest BCUT2D eigenvalue weighted by molar-refractivity contribution is 5.98. The van der Waals surface area contributed by atoms with Gasteiger partial charge >= 0.3 is 6.61 Å². The molecule has 3 amide bonds. The number of ether oxygens (including phenoxy) is 2. The van der Waals surface area contributed by atoms with Gasteiger partial charge in [-0.15, -0.1) is 0 Å². The second-order valence-corrected chi connectivity index (χ2v) is 8.18. The molecule has 1 fully saturated rings. The van der Waals surface area contributed by atoms with Gasteiger partial charge in [0.05, 0.1) is 19.3 Å². The maximum atomic E-state index is 12.8. The van der Waals surface area contributed by atoms with Crippen molar-refractivity contribution in [3.05, 3.63) is 35.9 Å². The van der Waals surface area contributed by atoms with E-state index in [9.17, 15) is 28.0 Å². The number of benzene rings is 1. The topological polar surface area (TPSA) is 140 Å². The molecule has 11 heteroatoms. The maximum Gasteiger partial charge on any atom is 0.345 e. The van der Waals surface area contributed by atoms with E-state index >= 15 is 0 Å². The molecule has 1 aromatic rings. The number of aryl methyl sites for hydroxylation is 1. The monoisotopic (exact) mass is 469 g/mol. The van der Waals surface area contributed by atoms with Crippen molar-refractivity contribution in [2.24, 2.45) is 11.7 Å². The van der Waals surface area contributed by atoms with Gasteiger partial charge < -0.3 is 25.8 Å². The van der Waals surface area contributed by atoms with Crippen molar-refractivity contribution in [1.82, 2.24) is 10.6 Å². The Labute approximate surface area is 190 Å². The molecule has 4 atom stereocenters. The number of epoxide rings is 1. The van der Waals surface area contributed by atoms with Crippen molar-refractivity contribution < 1.29 is 37.4 Å². The molecule has 0 aliphatic carbocycles. The normalized spacial score (nSPS) is 19.9. The summed E-state index contributed by atoms with van der Waals surface area (Å²) in [5.74, 6) is -3.35. The summed E-state index contributed by atoms with van der Waals surface area (Å²) in [5, 5.41) is 4.81. The fraction of sp³-hybridized carbons (Fsp3) is 0.545. The van der Waals surface area contributed by atoms with Gasteiger partial charge in [-0.1, -0.05) is 37.3 Å². The predicted molar refractivity (Wildman–Crippen MR) is 113 cm³/mol. The summed E-state index contributed by atoms with van der Waals surface area (Å²) in [5.41, 5.74) is 5.06. The fourth-order valence-corrected chi connectivity index (χ4v) is 3.11. The van der Waals surface area contributed by atoms with Gasteiger partial charge in [0.25, 0.3) is 0 Å². The van der Waals surface area contributed by atoms with Crippen LogP contribution in [0, 0.1) is 5.92 Å². The van der Waals surface area contributed by atoms with Gasteiger partial charge in [-0.2, -0.15) is 8.78 Å². The SMILES string of the molecule is C[C@@H](C[C@H](NC(=O)[C@H](COC(F)F)NC(=O)CCc1ccccc1)C(=O)[C@@]1(C)CO1)C(N)=O. The van der Waals surface area contributed by atoms with E-state index in [1.807, 2.05) is 30.3 Å². The van der Waals surface area contributed by atoms with Crippen LogP contribution in [0.1, 0.15) is 32.3 Å². The number of carbonyl (C=O) groups is 4. The first-order chi connectivity index (χ1) is 15.5. The van der Waals surface area contributed by atoms with E-state index in [2.05, 4.69) is 15.4 Å². The minimum absolute atomic E-state index is 0.00938. The van der Waals surface area contributed by atoms with Crippen LogP contribution in [-0.4, -0.2) is 61.0 Å². The van der Waals surface area contributed by atoms with Gasteiger partial charge in [0.2, 0.25) is 17.7 Å². The van der Waals surface area contributed by atoms with Crippen LogP contribution in [0.5, 0.6) is 0 Å². The third kappa shape index (κ3) is 8.50. The number of Topliss-reactive ketones (excluding diaryl/α,β-unsaturated/α-hetero) is 1. The third-order valence-corrected chi connectivity index (χ3v) is 5.33. The van der Waals surface area contributed by atoms with Crippen molar-refractivity contribution in [2.75, 3.05) is 13.2 Å². The van der Waals surface area contributed by atoms with Gasteiger partial charge in [-0.3, -0.25) is 19.2 Å². The van der Waals surface area contributed by atoms with Gasteiger partial charge in [0, 0.05) is 12.3 Å². The fourth-order valence-electron chi connectivity index (χ4n) is 3.11. The molecule has 1 aliphatic heterocycles. The number of hydrogen-bond acceptors (Lipinski definition) is 6. The number of nitrogens with two attached hydrogens (primary N) is 1. The molecule has 1 aromatic carbocycles. The summed E-state index contributed by atoms with van der Waals surface area (Å²) < 4.78 is 34.6. The van der Waals surface area contributed by atoms with Crippen LogP contribution in [0.15, 0.2) is 30.3 Å². The van der Waals surface area contributed by atoms with Gasteiger partial charge in [-0.05, 0) is 25.3 Å². The molecule has 0 unspecified atom stereocenters. The van der Waals surface area contributed by atoms with E-state index in [4.69, 9.17) is 10.5 Å². The molecule has 2 rings (SSSR count). The second kappa shape index (κ2) is 11.8. The van der Waals surface area contributed by atoms with Crippen LogP contribution in [-0.2, 0) is 35.1 Å². The first-order valence-corrected chi connectivity index (χ1v) is 10.5. The van der Waals surface area contributed by atoms with E-state index in [0.717, 1.165) is 5.56 Å². The Kier molecular flexibility index (Phi) is 9.42. The number of hydrogen-bond donors (Lipinski definition) is 3.